The van der Waals surface area contributed by atoms with E-state index in [4.69, 9.17) is 5.73 Å². The molecule has 74 valence electrons. The Balaban J connectivity index is 2.62. The lowest BCUT2D eigenvalue weighted by atomic mass is 10.0. The first-order valence-electron chi connectivity index (χ1n) is 4.90. The van der Waals surface area contributed by atoms with Gasteiger partial charge in [0.05, 0.1) is 0 Å². The minimum Gasteiger partial charge on any atom is -0.335 e. The number of nitrogens with two attached hydrogens (primary N) is 1. The van der Waals surface area contributed by atoms with Gasteiger partial charge in [0.15, 0.2) is 0 Å². The lowest BCUT2D eigenvalue weighted by Crippen LogP contribution is -2.26. The van der Waals surface area contributed by atoms with Gasteiger partial charge in [-0.15, -0.1) is 0 Å². The molecule has 0 aliphatic heterocycles. The summed E-state index contributed by atoms with van der Waals surface area (Å²) in [4.78, 5) is 4.32. The molecule has 13 heavy (non-hydrogen) atoms. The Morgan fingerprint density at radius 2 is 2.23 bits per heavy atom. The first-order chi connectivity index (χ1) is 6.15. The van der Waals surface area contributed by atoms with Crippen LogP contribution < -0.4 is 5.73 Å². The summed E-state index contributed by atoms with van der Waals surface area (Å²) in [5, 5.41) is 0. The third-order valence-corrected chi connectivity index (χ3v) is 2.54. The number of aromatic nitrogens is 2. The van der Waals surface area contributed by atoms with Crippen molar-refractivity contribution in [3.8, 4) is 0 Å². The van der Waals surface area contributed by atoms with Gasteiger partial charge in [-0.2, -0.15) is 0 Å². The highest BCUT2D eigenvalue weighted by Gasteiger charge is 2.11. The lowest BCUT2D eigenvalue weighted by molar-refractivity contribution is 0.461. The molecular formula is C10H19N3. The third kappa shape index (κ3) is 2.56. The average molecular weight is 181 g/mol. The summed E-state index contributed by atoms with van der Waals surface area (Å²) in [6.07, 6.45) is 4.84. The van der Waals surface area contributed by atoms with E-state index in [0.29, 0.717) is 5.92 Å². The Hall–Kier alpha value is -0.830. The third-order valence-electron chi connectivity index (χ3n) is 2.54. The summed E-state index contributed by atoms with van der Waals surface area (Å²) in [5.41, 5.74) is 5.81. The van der Waals surface area contributed by atoms with E-state index in [9.17, 15) is 0 Å². The zero-order chi connectivity index (χ0) is 9.84. The van der Waals surface area contributed by atoms with E-state index in [1.54, 1.807) is 0 Å². The molecule has 0 aliphatic carbocycles. The summed E-state index contributed by atoms with van der Waals surface area (Å²) in [7, 11) is 0. The zero-order valence-corrected chi connectivity index (χ0v) is 8.70. The second kappa shape index (κ2) is 4.42. The highest BCUT2D eigenvalue weighted by molar-refractivity contribution is 4.94. The molecule has 1 aromatic rings. The number of aryl methyl sites for hydroxylation is 1. The van der Waals surface area contributed by atoms with Crippen molar-refractivity contribution in [1.82, 2.24) is 9.55 Å². The molecule has 0 fully saturated rings. The first-order valence-corrected chi connectivity index (χ1v) is 4.90. The van der Waals surface area contributed by atoms with Gasteiger partial charge in [0.2, 0.25) is 0 Å². The van der Waals surface area contributed by atoms with Crippen molar-refractivity contribution < 1.29 is 0 Å². The first kappa shape index (κ1) is 10.3. The summed E-state index contributed by atoms with van der Waals surface area (Å²) in [6.45, 7) is 7.33. The van der Waals surface area contributed by atoms with Gasteiger partial charge in [-0.1, -0.05) is 6.92 Å². The number of hydrogen-bond donors (Lipinski definition) is 1. The van der Waals surface area contributed by atoms with Crippen LogP contribution in [0.15, 0.2) is 12.4 Å². The van der Waals surface area contributed by atoms with Crippen molar-refractivity contribution in [2.24, 2.45) is 11.7 Å². The Bertz CT molecular complexity index is 252. The molecule has 0 aliphatic rings. The quantitative estimate of drug-likeness (QED) is 0.763. The van der Waals surface area contributed by atoms with Gasteiger partial charge in [-0.25, -0.2) is 4.98 Å². The van der Waals surface area contributed by atoms with Crippen LogP contribution >= 0.6 is 0 Å². The predicted molar refractivity (Wildman–Crippen MR) is 54.4 cm³/mol. The molecule has 0 saturated carbocycles. The van der Waals surface area contributed by atoms with E-state index in [1.807, 2.05) is 19.3 Å². The van der Waals surface area contributed by atoms with Gasteiger partial charge < -0.3 is 10.3 Å². The van der Waals surface area contributed by atoms with E-state index in [-0.39, 0.29) is 6.04 Å². The van der Waals surface area contributed by atoms with Crippen molar-refractivity contribution in [3.05, 3.63) is 18.2 Å². The molecule has 1 aromatic heterocycles. The summed E-state index contributed by atoms with van der Waals surface area (Å²) in [6, 6.07) is 0.238. The van der Waals surface area contributed by atoms with Crippen LogP contribution in [0.1, 0.15) is 26.6 Å². The van der Waals surface area contributed by atoms with Crippen LogP contribution in [0.25, 0.3) is 0 Å². The normalized spacial score (nSPS) is 15.7. The molecular weight excluding hydrogens is 162 g/mol. The highest BCUT2D eigenvalue weighted by Crippen LogP contribution is 2.09. The fraction of sp³-hybridized carbons (Fsp3) is 0.700. The molecule has 2 unspecified atom stereocenters. The number of rotatable bonds is 4. The minimum absolute atomic E-state index is 0.238. The highest BCUT2D eigenvalue weighted by atomic mass is 15.0. The van der Waals surface area contributed by atoms with Crippen LogP contribution in [0.5, 0.6) is 0 Å². The van der Waals surface area contributed by atoms with Gasteiger partial charge in [0.1, 0.15) is 5.82 Å². The predicted octanol–water partition coefficient (Wildman–Crippen LogP) is 1.43. The lowest BCUT2D eigenvalue weighted by Gasteiger charge is -2.15. The maximum absolute atomic E-state index is 5.81. The van der Waals surface area contributed by atoms with Gasteiger partial charge in [-0.3, -0.25) is 0 Å². The molecule has 2 N–H and O–H groups in total. The summed E-state index contributed by atoms with van der Waals surface area (Å²) < 4.78 is 2.17. The van der Waals surface area contributed by atoms with Gasteiger partial charge >= 0.3 is 0 Å². The van der Waals surface area contributed by atoms with E-state index in [1.165, 1.54) is 0 Å². The molecule has 1 heterocycles. The van der Waals surface area contributed by atoms with Crippen LogP contribution in [0.2, 0.25) is 0 Å². The molecule has 0 aromatic carbocycles. The van der Waals surface area contributed by atoms with Crippen LogP contribution in [0.4, 0.5) is 0 Å². The molecule has 0 saturated heterocycles. The van der Waals surface area contributed by atoms with E-state index in [0.717, 1.165) is 18.8 Å². The van der Waals surface area contributed by atoms with Crippen LogP contribution in [0.3, 0.4) is 0 Å². The molecule has 3 nitrogen and oxygen atoms in total. The fourth-order valence-electron chi connectivity index (χ4n) is 1.29. The van der Waals surface area contributed by atoms with E-state index < -0.39 is 0 Å². The maximum atomic E-state index is 5.81. The largest absolute Gasteiger partial charge is 0.335 e. The van der Waals surface area contributed by atoms with Gasteiger partial charge in [0.25, 0.3) is 0 Å². The van der Waals surface area contributed by atoms with Crippen molar-refractivity contribution in [1.29, 1.82) is 0 Å². The average Bonchev–Trinajstić information content (AvgIpc) is 2.51. The number of nitrogens with zero attached hydrogens (tertiary/aromatic N) is 2. The smallest absolute Gasteiger partial charge is 0.108 e. The van der Waals surface area contributed by atoms with Crippen molar-refractivity contribution in [2.75, 3.05) is 0 Å². The standard InChI is InChI=1S/C10H19N3/c1-4-13-6-5-12-10(13)7-8(2)9(3)11/h5-6,8-9H,4,7,11H2,1-3H3. The summed E-state index contributed by atoms with van der Waals surface area (Å²) in [5.74, 6) is 1.64. The second-order valence-electron chi connectivity index (χ2n) is 3.67. The Morgan fingerprint density at radius 1 is 1.54 bits per heavy atom. The summed E-state index contributed by atoms with van der Waals surface area (Å²) >= 11 is 0. The molecule has 0 radical (unpaired) electrons. The van der Waals surface area contributed by atoms with Crippen molar-refractivity contribution >= 4 is 0 Å². The van der Waals surface area contributed by atoms with E-state index in [2.05, 4.69) is 23.4 Å². The topological polar surface area (TPSA) is 43.8 Å². The monoisotopic (exact) mass is 181 g/mol. The Kier molecular flexibility index (Phi) is 3.48. The molecule has 2 atom stereocenters. The molecule has 3 heteroatoms. The van der Waals surface area contributed by atoms with Crippen molar-refractivity contribution in [3.63, 3.8) is 0 Å². The number of imidazole rings is 1. The zero-order valence-electron chi connectivity index (χ0n) is 8.70. The van der Waals surface area contributed by atoms with Gasteiger partial charge in [0, 0.05) is 31.4 Å². The molecule has 0 spiro atoms. The minimum atomic E-state index is 0.238. The molecule has 0 bridgehead atoms. The van der Waals surface area contributed by atoms with E-state index >= 15 is 0 Å². The van der Waals surface area contributed by atoms with Crippen LogP contribution in [-0.4, -0.2) is 15.6 Å². The number of hydrogen-bond acceptors (Lipinski definition) is 2. The second-order valence-corrected chi connectivity index (χ2v) is 3.67. The molecule has 0 amide bonds. The Morgan fingerprint density at radius 3 is 2.77 bits per heavy atom. The molecule has 1 rings (SSSR count). The Labute approximate surface area is 80.0 Å². The van der Waals surface area contributed by atoms with Gasteiger partial charge in [-0.05, 0) is 19.8 Å². The van der Waals surface area contributed by atoms with Crippen molar-refractivity contribution in [2.45, 2.75) is 39.8 Å². The maximum Gasteiger partial charge on any atom is 0.108 e. The van der Waals surface area contributed by atoms with Crippen LogP contribution in [-0.2, 0) is 13.0 Å². The fourth-order valence-corrected chi connectivity index (χ4v) is 1.29. The van der Waals surface area contributed by atoms with Crippen LogP contribution in [0, 0.1) is 5.92 Å². The SMILES string of the molecule is CCn1ccnc1CC(C)C(C)N.